The Kier molecular flexibility index (Phi) is 3.54. The Hall–Kier alpha value is -0.410. The van der Waals surface area contributed by atoms with E-state index in [1.54, 1.807) is 6.26 Å². The van der Waals surface area contributed by atoms with Gasteiger partial charge in [-0.3, -0.25) is 0 Å². The summed E-state index contributed by atoms with van der Waals surface area (Å²) in [7, 11) is 0. The Morgan fingerprint density at radius 1 is 1.71 bits per heavy atom. The number of thioether (sulfide) groups is 1. The van der Waals surface area contributed by atoms with Crippen LogP contribution in [0.15, 0.2) is 22.8 Å². The second kappa shape index (κ2) is 4.89. The second-order valence-corrected chi connectivity index (χ2v) is 4.95. The molecule has 3 heteroatoms. The molecule has 0 amide bonds. The van der Waals surface area contributed by atoms with Crippen molar-refractivity contribution in [2.75, 3.05) is 12.3 Å². The van der Waals surface area contributed by atoms with E-state index in [0.29, 0.717) is 11.3 Å². The smallest absolute Gasteiger partial charge is 0.121 e. The molecule has 2 rings (SSSR count). The van der Waals surface area contributed by atoms with Crippen molar-refractivity contribution in [3.05, 3.63) is 24.2 Å². The molecule has 1 aliphatic heterocycles. The van der Waals surface area contributed by atoms with Gasteiger partial charge < -0.3 is 9.73 Å². The lowest BCUT2D eigenvalue weighted by molar-refractivity contribution is 0.405. The van der Waals surface area contributed by atoms with Crippen LogP contribution in [0.3, 0.4) is 0 Å². The highest BCUT2D eigenvalue weighted by Gasteiger charge is 2.27. The van der Waals surface area contributed by atoms with Crippen LogP contribution in [0.4, 0.5) is 0 Å². The van der Waals surface area contributed by atoms with Crippen LogP contribution >= 0.6 is 11.8 Å². The van der Waals surface area contributed by atoms with Gasteiger partial charge in [-0.25, -0.2) is 0 Å². The van der Waals surface area contributed by atoms with E-state index in [9.17, 15) is 0 Å². The highest BCUT2D eigenvalue weighted by Crippen LogP contribution is 2.35. The molecule has 1 fully saturated rings. The van der Waals surface area contributed by atoms with Gasteiger partial charge in [0, 0.05) is 5.25 Å². The Labute approximate surface area is 89.4 Å². The standard InChI is InChI=1S/C11H17NOS/c1-2-12-11(9-5-3-7-13-9)10-6-4-8-14-10/h3,5,7,10-12H,2,4,6,8H2,1H3. The number of nitrogens with one attached hydrogen (secondary N) is 1. The van der Waals surface area contributed by atoms with Crippen LogP contribution in [0, 0.1) is 0 Å². The first kappa shape index (κ1) is 10.1. The van der Waals surface area contributed by atoms with Crippen molar-refractivity contribution in [1.29, 1.82) is 0 Å². The van der Waals surface area contributed by atoms with Crippen LogP contribution in [0.25, 0.3) is 0 Å². The fraction of sp³-hybridized carbons (Fsp3) is 0.636. The van der Waals surface area contributed by atoms with E-state index in [1.807, 2.05) is 6.07 Å². The average Bonchev–Trinajstić information content (AvgIpc) is 2.87. The summed E-state index contributed by atoms with van der Waals surface area (Å²) < 4.78 is 5.48. The maximum absolute atomic E-state index is 5.48. The Morgan fingerprint density at radius 3 is 3.21 bits per heavy atom. The monoisotopic (exact) mass is 211 g/mol. The van der Waals surface area contributed by atoms with Crippen LogP contribution in [-0.2, 0) is 0 Å². The number of furan rings is 1. The Bertz CT molecular complexity index is 254. The summed E-state index contributed by atoms with van der Waals surface area (Å²) in [4.78, 5) is 0. The van der Waals surface area contributed by atoms with Gasteiger partial charge >= 0.3 is 0 Å². The number of rotatable bonds is 4. The molecule has 0 saturated carbocycles. The molecule has 1 aromatic heterocycles. The van der Waals surface area contributed by atoms with Gasteiger partial charge in [-0.1, -0.05) is 6.92 Å². The van der Waals surface area contributed by atoms with Crippen molar-refractivity contribution in [3.63, 3.8) is 0 Å². The summed E-state index contributed by atoms with van der Waals surface area (Å²) in [6.07, 6.45) is 4.42. The zero-order valence-electron chi connectivity index (χ0n) is 8.53. The van der Waals surface area contributed by atoms with Crippen molar-refractivity contribution >= 4 is 11.8 Å². The van der Waals surface area contributed by atoms with Crippen LogP contribution in [0.1, 0.15) is 31.6 Å². The average molecular weight is 211 g/mol. The molecule has 0 aliphatic carbocycles. The fourth-order valence-electron chi connectivity index (χ4n) is 1.97. The fourth-order valence-corrected chi connectivity index (χ4v) is 3.36. The Balaban J connectivity index is 2.06. The predicted molar refractivity (Wildman–Crippen MR) is 60.6 cm³/mol. The minimum absolute atomic E-state index is 0.405. The third kappa shape index (κ3) is 2.15. The highest BCUT2D eigenvalue weighted by atomic mass is 32.2. The van der Waals surface area contributed by atoms with E-state index in [4.69, 9.17) is 4.42 Å². The van der Waals surface area contributed by atoms with Gasteiger partial charge in [0.05, 0.1) is 12.3 Å². The molecule has 2 unspecified atom stereocenters. The lowest BCUT2D eigenvalue weighted by Gasteiger charge is -2.21. The first-order chi connectivity index (χ1) is 6.92. The molecule has 2 heterocycles. The molecule has 0 radical (unpaired) electrons. The zero-order valence-corrected chi connectivity index (χ0v) is 9.35. The van der Waals surface area contributed by atoms with Crippen LogP contribution in [0.5, 0.6) is 0 Å². The van der Waals surface area contributed by atoms with Crippen molar-refractivity contribution in [2.45, 2.75) is 31.1 Å². The quantitative estimate of drug-likeness (QED) is 0.829. The predicted octanol–water partition coefficient (Wildman–Crippen LogP) is 2.83. The van der Waals surface area contributed by atoms with E-state index in [0.717, 1.165) is 12.3 Å². The molecule has 1 aliphatic rings. The van der Waals surface area contributed by atoms with Gasteiger partial charge in [-0.2, -0.15) is 11.8 Å². The van der Waals surface area contributed by atoms with E-state index in [1.165, 1.54) is 18.6 Å². The van der Waals surface area contributed by atoms with Gasteiger partial charge in [0.1, 0.15) is 5.76 Å². The summed E-state index contributed by atoms with van der Waals surface area (Å²) in [6.45, 7) is 3.15. The van der Waals surface area contributed by atoms with Crippen molar-refractivity contribution in [3.8, 4) is 0 Å². The van der Waals surface area contributed by atoms with Gasteiger partial charge in [0.15, 0.2) is 0 Å². The van der Waals surface area contributed by atoms with Gasteiger partial charge in [-0.05, 0) is 37.3 Å². The van der Waals surface area contributed by atoms with Gasteiger partial charge in [0.2, 0.25) is 0 Å². The van der Waals surface area contributed by atoms with Crippen molar-refractivity contribution in [1.82, 2.24) is 5.32 Å². The minimum atomic E-state index is 0.405. The third-order valence-electron chi connectivity index (χ3n) is 2.61. The molecule has 0 aromatic carbocycles. The molecule has 1 saturated heterocycles. The van der Waals surface area contributed by atoms with E-state index in [2.05, 4.69) is 30.1 Å². The second-order valence-electron chi connectivity index (χ2n) is 3.60. The molecule has 0 bridgehead atoms. The number of hydrogen-bond acceptors (Lipinski definition) is 3. The third-order valence-corrected chi connectivity index (χ3v) is 4.07. The minimum Gasteiger partial charge on any atom is -0.468 e. The molecule has 1 N–H and O–H groups in total. The van der Waals surface area contributed by atoms with Crippen LogP contribution in [-0.4, -0.2) is 17.5 Å². The summed E-state index contributed by atoms with van der Waals surface area (Å²) >= 11 is 2.07. The maximum Gasteiger partial charge on any atom is 0.121 e. The lowest BCUT2D eigenvalue weighted by atomic mass is 10.1. The normalized spacial score (nSPS) is 23.9. The zero-order chi connectivity index (χ0) is 9.80. The largest absolute Gasteiger partial charge is 0.468 e. The molecule has 78 valence electrons. The van der Waals surface area contributed by atoms with Gasteiger partial charge in [0.25, 0.3) is 0 Å². The summed E-state index contributed by atoms with van der Waals surface area (Å²) in [5.74, 6) is 2.39. The van der Waals surface area contributed by atoms with Crippen molar-refractivity contribution in [2.24, 2.45) is 0 Å². The topological polar surface area (TPSA) is 25.2 Å². The van der Waals surface area contributed by atoms with Crippen LogP contribution < -0.4 is 5.32 Å². The molecule has 2 nitrogen and oxygen atoms in total. The molecule has 2 atom stereocenters. The SMILES string of the molecule is CCNC(c1ccco1)C1CCCS1. The van der Waals surface area contributed by atoms with E-state index >= 15 is 0 Å². The van der Waals surface area contributed by atoms with E-state index < -0.39 is 0 Å². The molecular formula is C11H17NOS. The summed E-state index contributed by atoms with van der Waals surface area (Å²) in [5, 5.41) is 4.21. The molecule has 1 aromatic rings. The summed E-state index contributed by atoms with van der Waals surface area (Å²) in [5.41, 5.74) is 0. The van der Waals surface area contributed by atoms with Gasteiger partial charge in [-0.15, -0.1) is 0 Å². The summed E-state index contributed by atoms with van der Waals surface area (Å²) in [6, 6.07) is 4.45. The molecule has 0 spiro atoms. The number of hydrogen-bond donors (Lipinski definition) is 1. The molecular weight excluding hydrogens is 194 g/mol. The van der Waals surface area contributed by atoms with E-state index in [-0.39, 0.29) is 0 Å². The first-order valence-corrected chi connectivity index (χ1v) is 6.35. The Morgan fingerprint density at radius 2 is 2.64 bits per heavy atom. The van der Waals surface area contributed by atoms with Crippen molar-refractivity contribution < 1.29 is 4.42 Å². The van der Waals surface area contributed by atoms with Crippen LogP contribution in [0.2, 0.25) is 0 Å². The lowest BCUT2D eigenvalue weighted by Crippen LogP contribution is -2.28. The maximum atomic E-state index is 5.48. The molecule has 14 heavy (non-hydrogen) atoms. The highest BCUT2D eigenvalue weighted by molar-refractivity contribution is 8.00. The first-order valence-electron chi connectivity index (χ1n) is 5.30.